The number of carbonyl (C=O) groups is 1. The van der Waals surface area contributed by atoms with Gasteiger partial charge in [-0.1, -0.05) is 29.8 Å². The number of nitrogens with zero attached hydrogens (tertiary/aromatic N) is 1. The third-order valence-electron chi connectivity index (χ3n) is 2.00. The van der Waals surface area contributed by atoms with Crippen LogP contribution in [0.15, 0.2) is 24.3 Å². The summed E-state index contributed by atoms with van der Waals surface area (Å²) in [6.45, 7) is 0.457. The summed E-state index contributed by atoms with van der Waals surface area (Å²) < 4.78 is 0. The normalized spacial score (nSPS) is 9.00. The molecule has 2 N–H and O–H groups in total. The molecule has 1 aromatic carbocycles. The van der Waals surface area contributed by atoms with E-state index in [0.717, 1.165) is 12.7 Å². The van der Waals surface area contributed by atoms with Crippen LogP contribution in [0.5, 0.6) is 0 Å². The fraction of sp³-hybridized carbons (Fsp3) is 0.364. The number of benzene rings is 1. The van der Waals surface area contributed by atoms with Crippen LogP contribution in [0.1, 0.15) is 5.56 Å². The van der Waals surface area contributed by atoms with Gasteiger partial charge >= 0.3 is 6.09 Å². The number of halogens is 1. The van der Waals surface area contributed by atoms with E-state index >= 15 is 0 Å². The minimum absolute atomic E-state index is 0.457. The summed E-state index contributed by atoms with van der Waals surface area (Å²) in [6.07, 6.45) is -0.278. The smallest absolute Gasteiger partial charge is 0.407 e. The van der Waals surface area contributed by atoms with Crippen LogP contribution in [0.4, 0.5) is 4.79 Å². The lowest BCUT2D eigenvalue weighted by Crippen LogP contribution is -2.26. The molecule has 1 aromatic rings. The average Bonchev–Trinajstić information content (AvgIpc) is 2.30. The van der Waals surface area contributed by atoms with E-state index in [1.54, 1.807) is 13.1 Å². The van der Waals surface area contributed by atoms with Crippen LogP contribution in [-0.2, 0) is 6.42 Å². The lowest BCUT2D eigenvalue weighted by Gasteiger charge is -2.12. The Balaban J connectivity index is 0.00000106. The first-order chi connectivity index (χ1) is 7.61. The van der Waals surface area contributed by atoms with Gasteiger partial charge in [-0.3, -0.25) is 0 Å². The van der Waals surface area contributed by atoms with Crippen molar-refractivity contribution in [3.8, 4) is 0 Å². The fourth-order valence-electron chi connectivity index (χ4n) is 1.08. The number of hydrogen-bond donors (Lipinski definition) is 2. The standard InChI is InChI=1S/C10H12ClNO2.CH4O/c1-12(10(13)14)7-6-8-4-2-3-5-9(8)11;1-2/h2-5H,6-7H2,1H3,(H,13,14);2H,1H3. The van der Waals surface area contributed by atoms with Gasteiger partial charge in [0.05, 0.1) is 0 Å². The molecule has 0 saturated carbocycles. The quantitative estimate of drug-likeness (QED) is 0.857. The highest BCUT2D eigenvalue weighted by molar-refractivity contribution is 6.31. The molecule has 0 fully saturated rings. The van der Waals surface area contributed by atoms with Gasteiger partial charge in [-0.15, -0.1) is 0 Å². The second-order valence-electron chi connectivity index (χ2n) is 3.05. The van der Waals surface area contributed by atoms with Gasteiger partial charge in [0.1, 0.15) is 0 Å². The van der Waals surface area contributed by atoms with E-state index in [0.29, 0.717) is 18.0 Å². The Hall–Kier alpha value is -1.26. The van der Waals surface area contributed by atoms with Crippen LogP contribution in [0.3, 0.4) is 0 Å². The zero-order valence-electron chi connectivity index (χ0n) is 9.35. The minimum atomic E-state index is -0.919. The Bertz CT molecular complexity index is 331. The van der Waals surface area contributed by atoms with E-state index in [2.05, 4.69) is 0 Å². The molecule has 0 aliphatic rings. The Morgan fingerprint density at radius 1 is 1.38 bits per heavy atom. The molecule has 0 aromatic heterocycles. The van der Waals surface area contributed by atoms with Gasteiger partial charge in [0, 0.05) is 25.7 Å². The molecule has 16 heavy (non-hydrogen) atoms. The topological polar surface area (TPSA) is 60.8 Å². The Morgan fingerprint density at radius 3 is 2.44 bits per heavy atom. The van der Waals surface area contributed by atoms with Gasteiger partial charge in [0.25, 0.3) is 0 Å². The van der Waals surface area contributed by atoms with Crippen molar-refractivity contribution in [2.24, 2.45) is 0 Å². The first-order valence-corrected chi connectivity index (χ1v) is 5.11. The fourth-order valence-corrected chi connectivity index (χ4v) is 1.32. The molecule has 5 heteroatoms. The monoisotopic (exact) mass is 245 g/mol. The summed E-state index contributed by atoms with van der Waals surface area (Å²) in [4.78, 5) is 11.7. The predicted molar refractivity (Wildman–Crippen MR) is 64.0 cm³/mol. The van der Waals surface area contributed by atoms with Crippen LogP contribution >= 0.6 is 11.6 Å². The van der Waals surface area contributed by atoms with Crippen LogP contribution in [0.2, 0.25) is 5.02 Å². The summed E-state index contributed by atoms with van der Waals surface area (Å²) in [7, 11) is 2.54. The van der Waals surface area contributed by atoms with E-state index < -0.39 is 6.09 Å². The van der Waals surface area contributed by atoms with E-state index in [1.807, 2.05) is 18.2 Å². The maximum Gasteiger partial charge on any atom is 0.407 e. The molecule has 0 aliphatic heterocycles. The summed E-state index contributed by atoms with van der Waals surface area (Å²) >= 11 is 5.92. The van der Waals surface area contributed by atoms with Gasteiger partial charge in [0.15, 0.2) is 0 Å². The highest BCUT2D eigenvalue weighted by Crippen LogP contribution is 2.15. The van der Waals surface area contributed by atoms with Crippen LogP contribution in [0, 0.1) is 0 Å². The molecule has 0 aliphatic carbocycles. The third-order valence-corrected chi connectivity index (χ3v) is 2.37. The molecule has 1 amide bonds. The van der Waals surface area contributed by atoms with Crippen molar-refractivity contribution in [2.45, 2.75) is 6.42 Å². The van der Waals surface area contributed by atoms with Crippen LogP contribution < -0.4 is 0 Å². The second kappa shape index (κ2) is 7.96. The predicted octanol–water partition coefficient (Wildman–Crippen LogP) is 2.10. The zero-order chi connectivity index (χ0) is 12.6. The molecule has 0 saturated heterocycles. The third kappa shape index (κ3) is 5.00. The number of rotatable bonds is 3. The van der Waals surface area contributed by atoms with E-state index in [1.165, 1.54) is 4.90 Å². The van der Waals surface area contributed by atoms with Crippen molar-refractivity contribution in [1.82, 2.24) is 4.90 Å². The number of hydrogen-bond acceptors (Lipinski definition) is 2. The van der Waals surface area contributed by atoms with Gasteiger partial charge in [0.2, 0.25) is 0 Å². The van der Waals surface area contributed by atoms with E-state index in [-0.39, 0.29) is 0 Å². The van der Waals surface area contributed by atoms with Gasteiger partial charge < -0.3 is 15.1 Å². The Kier molecular flexibility index (Phi) is 7.33. The maximum atomic E-state index is 10.5. The lowest BCUT2D eigenvalue weighted by atomic mass is 10.1. The van der Waals surface area contributed by atoms with Crippen molar-refractivity contribution < 1.29 is 15.0 Å². The molecule has 0 atom stereocenters. The molecule has 0 heterocycles. The largest absolute Gasteiger partial charge is 0.465 e. The number of amides is 1. The van der Waals surface area contributed by atoms with Crippen molar-refractivity contribution in [2.75, 3.05) is 20.7 Å². The molecule has 1 rings (SSSR count). The average molecular weight is 246 g/mol. The molecule has 0 spiro atoms. The maximum absolute atomic E-state index is 10.5. The Labute approximate surface area is 100 Å². The molecule has 4 nitrogen and oxygen atoms in total. The summed E-state index contributed by atoms with van der Waals surface area (Å²) in [5.74, 6) is 0. The van der Waals surface area contributed by atoms with Crippen molar-refractivity contribution in [3.05, 3.63) is 34.9 Å². The molecular weight excluding hydrogens is 230 g/mol. The van der Waals surface area contributed by atoms with Gasteiger partial charge in [-0.25, -0.2) is 4.79 Å². The highest BCUT2D eigenvalue weighted by Gasteiger charge is 2.06. The van der Waals surface area contributed by atoms with Crippen LogP contribution in [0.25, 0.3) is 0 Å². The Morgan fingerprint density at radius 2 is 1.94 bits per heavy atom. The van der Waals surface area contributed by atoms with E-state index in [4.69, 9.17) is 21.8 Å². The summed E-state index contributed by atoms with van der Waals surface area (Å²) in [6, 6.07) is 7.45. The van der Waals surface area contributed by atoms with Gasteiger partial charge in [-0.2, -0.15) is 0 Å². The van der Waals surface area contributed by atoms with Crippen molar-refractivity contribution in [3.63, 3.8) is 0 Å². The number of carboxylic acid groups (broad SMARTS) is 1. The minimum Gasteiger partial charge on any atom is -0.465 e. The summed E-state index contributed by atoms with van der Waals surface area (Å²) in [5, 5.41) is 16.3. The number of aliphatic hydroxyl groups is 1. The molecule has 0 radical (unpaired) electrons. The zero-order valence-corrected chi connectivity index (χ0v) is 10.1. The van der Waals surface area contributed by atoms with Gasteiger partial charge in [-0.05, 0) is 18.1 Å². The van der Waals surface area contributed by atoms with Crippen molar-refractivity contribution >= 4 is 17.7 Å². The summed E-state index contributed by atoms with van der Waals surface area (Å²) in [5.41, 5.74) is 0.974. The SMILES string of the molecule is CN(CCc1ccccc1Cl)C(=O)O.CO. The van der Waals surface area contributed by atoms with Crippen molar-refractivity contribution in [1.29, 1.82) is 0 Å². The molecule has 90 valence electrons. The first kappa shape index (κ1) is 14.7. The first-order valence-electron chi connectivity index (χ1n) is 4.73. The second-order valence-corrected chi connectivity index (χ2v) is 3.45. The molecular formula is C11H16ClNO3. The molecule has 0 bridgehead atoms. The number of likely N-dealkylation sites (N-methyl/N-ethyl adjacent to an activating group) is 1. The number of aliphatic hydroxyl groups excluding tert-OH is 1. The lowest BCUT2D eigenvalue weighted by molar-refractivity contribution is 0.156. The molecule has 0 unspecified atom stereocenters. The van der Waals surface area contributed by atoms with E-state index in [9.17, 15) is 4.79 Å². The van der Waals surface area contributed by atoms with Crippen LogP contribution in [-0.4, -0.2) is 41.9 Å². The highest BCUT2D eigenvalue weighted by atomic mass is 35.5.